The van der Waals surface area contributed by atoms with E-state index in [0.29, 0.717) is 43.0 Å². The van der Waals surface area contributed by atoms with Crippen molar-refractivity contribution in [3.63, 3.8) is 0 Å². The van der Waals surface area contributed by atoms with Crippen molar-refractivity contribution in [1.82, 2.24) is 9.80 Å². The molecule has 2 atom stereocenters. The Morgan fingerprint density at radius 1 is 1.20 bits per heavy atom. The minimum Gasteiger partial charge on any atom is -0.481 e. The van der Waals surface area contributed by atoms with Crippen LogP contribution in [0.1, 0.15) is 29.6 Å². The highest BCUT2D eigenvalue weighted by atomic mass is 16.7. The van der Waals surface area contributed by atoms with Crippen LogP contribution in [0.4, 0.5) is 0 Å². The molecule has 25 heavy (non-hydrogen) atoms. The molecule has 7 heteroatoms. The van der Waals surface area contributed by atoms with Gasteiger partial charge in [-0.25, -0.2) is 0 Å². The molecule has 0 bridgehead atoms. The summed E-state index contributed by atoms with van der Waals surface area (Å²) in [5.74, 6) is 0.403. The summed E-state index contributed by atoms with van der Waals surface area (Å²) in [4.78, 5) is 28.8. The third kappa shape index (κ3) is 2.54. The van der Waals surface area contributed by atoms with Gasteiger partial charge in [0.2, 0.25) is 6.79 Å². The smallest absolute Gasteiger partial charge is 0.311 e. The normalized spacial score (nSPS) is 28.5. The lowest BCUT2D eigenvalue weighted by Crippen LogP contribution is -2.63. The average Bonchev–Trinajstić information content (AvgIpc) is 3.08. The zero-order valence-corrected chi connectivity index (χ0v) is 14.2. The maximum atomic E-state index is 12.9. The molecule has 1 amide bonds. The van der Waals surface area contributed by atoms with E-state index >= 15 is 0 Å². The SMILES string of the molecule is CN1CCC[C@]2(C(=O)O)CCN(C(=O)c3ccc4c(c3)OCO4)C[C@@H]12. The topological polar surface area (TPSA) is 79.3 Å². The number of likely N-dealkylation sites (N-methyl/N-ethyl adjacent to an activating group) is 1. The van der Waals surface area contributed by atoms with Crippen molar-refractivity contribution >= 4 is 11.9 Å². The fraction of sp³-hybridized carbons (Fsp3) is 0.556. The van der Waals surface area contributed by atoms with Crippen molar-refractivity contribution in [1.29, 1.82) is 0 Å². The van der Waals surface area contributed by atoms with Crippen molar-refractivity contribution in [3.8, 4) is 11.5 Å². The van der Waals surface area contributed by atoms with Gasteiger partial charge < -0.3 is 24.4 Å². The van der Waals surface area contributed by atoms with E-state index in [0.717, 1.165) is 13.0 Å². The van der Waals surface area contributed by atoms with Gasteiger partial charge in [0.15, 0.2) is 11.5 Å². The van der Waals surface area contributed by atoms with Crippen LogP contribution in [-0.2, 0) is 4.79 Å². The third-order valence-corrected chi connectivity index (χ3v) is 5.86. The number of carboxylic acid groups (broad SMARTS) is 1. The van der Waals surface area contributed by atoms with Crippen molar-refractivity contribution in [2.45, 2.75) is 25.3 Å². The highest BCUT2D eigenvalue weighted by Crippen LogP contribution is 2.42. The van der Waals surface area contributed by atoms with Crippen LogP contribution < -0.4 is 9.47 Å². The fourth-order valence-corrected chi connectivity index (χ4v) is 4.38. The maximum Gasteiger partial charge on any atom is 0.311 e. The molecule has 2 fully saturated rings. The predicted octanol–water partition coefficient (Wildman–Crippen LogP) is 1.43. The van der Waals surface area contributed by atoms with Crippen molar-refractivity contribution in [3.05, 3.63) is 23.8 Å². The summed E-state index contributed by atoms with van der Waals surface area (Å²) in [6.07, 6.45) is 2.06. The van der Waals surface area contributed by atoms with Gasteiger partial charge in [-0.2, -0.15) is 0 Å². The van der Waals surface area contributed by atoms with Crippen LogP contribution in [-0.4, -0.2) is 66.3 Å². The molecule has 4 rings (SSSR count). The lowest BCUT2D eigenvalue weighted by molar-refractivity contribution is -0.161. The van der Waals surface area contributed by atoms with Gasteiger partial charge in [0.25, 0.3) is 5.91 Å². The largest absolute Gasteiger partial charge is 0.481 e. The molecule has 1 N–H and O–H groups in total. The Morgan fingerprint density at radius 2 is 2.00 bits per heavy atom. The van der Waals surface area contributed by atoms with E-state index in [4.69, 9.17) is 9.47 Å². The Bertz CT molecular complexity index is 721. The lowest BCUT2D eigenvalue weighted by Gasteiger charge is -2.51. The van der Waals surface area contributed by atoms with Gasteiger partial charge in [0.1, 0.15) is 0 Å². The van der Waals surface area contributed by atoms with Crippen LogP contribution in [0.25, 0.3) is 0 Å². The molecule has 3 aliphatic rings. The van der Waals surface area contributed by atoms with E-state index in [1.807, 2.05) is 7.05 Å². The number of amides is 1. The number of hydrogen-bond donors (Lipinski definition) is 1. The number of nitrogens with zero attached hydrogens (tertiary/aromatic N) is 2. The zero-order valence-electron chi connectivity index (χ0n) is 14.2. The maximum absolute atomic E-state index is 12.9. The quantitative estimate of drug-likeness (QED) is 0.873. The molecule has 0 aromatic heterocycles. The number of carboxylic acids is 1. The Hall–Kier alpha value is -2.28. The minimum atomic E-state index is -0.737. The van der Waals surface area contributed by atoms with Crippen molar-refractivity contribution in [2.24, 2.45) is 5.41 Å². The molecule has 0 saturated carbocycles. The molecule has 0 spiro atoms. The van der Waals surface area contributed by atoms with Crippen molar-refractivity contribution < 1.29 is 24.2 Å². The summed E-state index contributed by atoms with van der Waals surface area (Å²) in [6, 6.07) is 5.03. The van der Waals surface area contributed by atoms with Gasteiger partial charge in [0, 0.05) is 24.7 Å². The van der Waals surface area contributed by atoms with E-state index < -0.39 is 11.4 Å². The summed E-state index contributed by atoms with van der Waals surface area (Å²) in [5, 5.41) is 9.83. The Kier molecular flexibility index (Phi) is 3.83. The Labute approximate surface area is 146 Å². The molecule has 7 nitrogen and oxygen atoms in total. The van der Waals surface area contributed by atoms with Gasteiger partial charge in [-0.15, -0.1) is 0 Å². The minimum absolute atomic E-state index is 0.0868. The molecule has 3 heterocycles. The average molecular weight is 346 g/mol. The first-order valence-corrected chi connectivity index (χ1v) is 8.64. The molecule has 0 radical (unpaired) electrons. The Balaban J connectivity index is 1.56. The second kappa shape index (κ2) is 5.91. The van der Waals surface area contributed by atoms with E-state index in [-0.39, 0.29) is 18.7 Å². The number of benzene rings is 1. The van der Waals surface area contributed by atoms with Gasteiger partial charge in [0.05, 0.1) is 5.41 Å². The predicted molar refractivity (Wildman–Crippen MR) is 88.8 cm³/mol. The number of aliphatic carboxylic acids is 1. The number of ether oxygens (including phenoxy) is 2. The first-order chi connectivity index (χ1) is 12.0. The van der Waals surface area contributed by atoms with E-state index in [1.165, 1.54) is 0 Å². The summed E-state index contributed by atoms with van der Waals surface area (Å²) < 4.78 is 10.6. The summed E-state index contributed by atoms with van der Waals surface area (Å²) in [7, 11) is 1.95. The van der Waals surface area contributed by atoms with Crippen LogP contribution in [0.2, 0.25) is 0 Å². The summed E-state index contributed by atoms with van der Waals surface area (Å²) >= 11 is 0. The molecular weight excluding hydrogens is 324 g/mol. The third-order valence-electron chi connectivity index (χ3n) is 5.86. The van der Waals surface area contributed by atoms with Gasteiger partial charge in [-0.3, -0.25) is 9.59 Å². The molecule has 2 saturated heterocycles. The number of fused-ring (bicyclic) bond motifs is 2. The Morgan fingerprint density at radius 3 is 2.80 bits per heavy atom. The van der Waals surface area contributed by atoms with Crippen LogP contribution in [0.3, 0.4) is 0 Å². The van der Waals surface area contributed by atoms with Crippen molar-refractivity contribution in [2.75, 3.05) is 33.5 Å². The molecule has 3 aliphatic heterocycles. The van der Waals surface area contributed by atoms with E-state index in [2.05, 4.69) is 4.90 Å². The highest BCUT2D eigenvalue weighted by Gasteiger charge is 2.52. The summed E-state index contributed by atoms with van der Waals surface area (Å²) in [5.41, 5.74) is -0.191. The van der Waals surface area contributed by atoms with Crippen LogP contribution in [0.5, 0.6) is 11.5 Å². The van der Waals surface area contributed by atoms with Crippen LogP contribution in [0, 0.1) is 5.41 Å². The summed E-state index contributed by atoms with van der Waals surface area (Å²) in [6.45, 7) is 1.94. The fourth-order valence-electron chi connectivity index (χ4n) is 4.38. The molecule has 1 aromatic carbocycles. The number of carbonyl (C=O) groups excluding carboxylic acids is 1. The molecular formula is C18H22N2O5. The molecule has 134 valence electrons. The number of likely N-dealkylation sites (tertiary alicyclic amines) is 2. The number of carbonyl (C=O) groups is 2. The first kappa shape index (κ1) is 16.2. The highest BCUT2D eigenvalue weighted by molar-refractivity contribution is 5.95. The molecule has 0 unspecified atom stereocenters. The number of piperidine rings is 2. The molecule has 1 aromatic rings. The van der Waals surface area contributed by atoms with E-state index in [1.54, 1.807) is 23.1 Å². The second-order valence-electron chi connectivity index (χ2n) is 7.13. The molecule has 0 aliphatic carbocycles. The number of hydrogen-bond acceptors (Lipinski definition) is 5. The first-order valence-electron chi connectivity index (χ1n) is 8.64. The second-order valence-corrected chi connectivity index (χ2v) is 7.13. The zero-order chi connectivity index (χ0) is 17.6. The van der Waals surface area contributed by atoms with Gasteiger partial charge >= 0.3 is 5.97 Å². The van der Waals surface area contributed by atoms with Crippen LogP contribution >= 0.6 is 0 Å². The van der Waals surface area contributed by atoms with E-state index in [9.17, 15) is 14.7 Å². The monoisotopic (exact) mass is 346 g/mol. The lowest BCUT2D eigenvalue weighted by atomic mass is 9.68. The standard InChI is InChI=1S/C18H22N2O5/c1-19-7-2-5-18(17(22)23)6-8-20(10-15(18)19)16(21)12-3-4-13-14(9-12)25-11-24-13/h3-4,9,15H,2,5-8,10-11H2,1H3,(H,22,23)/t15-,18+/m1/s1. The van der Waals surface area contributed by atoms with Crippen LogP contribution in [0.15, 0.2) is 18.2 Å². The van der Waals surface area contributed by atoms with Gasteiger partial charge in [-0.05, 0) is 51.1 Å². The number of rotatable bonds is 2. The van der Waals surface area contributed by atoms with Gasteiger partial charge in [-0.1, -0.05) is 0 Å².